The van der Waals surface area contributed by atoms with Gasteiger partial charge in [0.05, 0.1) is 0 Å². The Morgan fingerprint density at radius 1 is 0.615 bits per heavy atom. The molecule has 3 atom stereocenters. The van der Waals surface area contributed by atoms with Crippen molar-refractivity contribution in [3.63, 3.8) is 0 Å². The van der Waals surface area contributed by atoms with Crippen molar-refractivity contribution >= 4 is 0 Å². The van der Waals surface area contributed by atoms with E-state index >= 15 is 0 Å². The molecule has 1 heterocycles. The Morgan fingerprint density at radius 3 is 1.88 bits per heavy atom. The molecule has 2 fully saturated rings. The summed E-state index contributed by atoms with van der Waals surface area (Å²) >= 11 is 0. The number of hydrogen-bond donors (Lipinski definition) is 1. The van der Waals surface area contributed by atoms with Crippen LogP contribution in [0.25, 0.3) is 0 Å². The zero-order valence-electron chi connectivity index (χ0n) is 18.5. The van der Waals surface area contributed by atoms with E-state index in [1.807, 2.05) is 0 Å². The van der Waals surface area contributed by atoms with Gasteiger partial charge in [0.2, 0.25) is 0 Å². The molecule has 1 saturated heterocycles. The van der Waals surface area contributed by atoms with Gasteiger partial charge in [0.1, 0.15) is 0 Å². The zero-order chi connectivity index (χ0) is 18.7. The van der Waals surface area contributed by atoms with E-state index in [1.165, 1.54) is 116 Å². The molecule has 1 N–H and O–H groups in total. The van der Waals surface area contributed by atoms with E-state index in [1.54, 1.807) is 0 Å². The van der Waals surface area contributed by atoms with Crippen LogP contribution in [0, 0.1) is 17.3 Å². The second-order valence-corrected chi connectivity index (χ2v) is 10.6. The average Bonchev–Trinajstić information content (AvgIpc) is 2.62. The van der Waals surface area contributed by atoms with Crippen molar-refractivity contribution in [1.82, 2.24) is 5.32 Å². The molecule has 2 aliphatic rings. The van der Waals surface area contributed by atoms with Crippen molar-refractivity contribution in [2.45, 2.75) is 136 Å². The minimum Gasteiger partial charge on any atom is -0.314 e. The molecule has 0 aromatic heterocycles. The second-order valence-electron chi connectivity index (χ2n) is 10.6. The monoisotopic (exact) mass is 363 g/mol. The van der Waals surface area contributed by atoms with Gasteiger partial charge in [0.25, 0.3) is 0 Å². The minimum absolute atomic E-state index is 0.573. The van der Waals surface area contributed by atoms with Crippen LogP contribution in [0.15, 0.2) is 0 Å². The van der Waals surface area contributed by atoms with Crippen LogP contribution in [0.1, 0.15) is 130 Å². The van der Waals surface area contributed by atoms with Gasteiger partial charge in [0, 0.05) is 6.04 Å². The number of hydrogen-bond acceptors (Lipinski definition) is 1. The predicted octanol–water partition coefficient (Wildman–Crippen LogP) is 7.88. The first-order chi connectivity index (χ1) is 12.6. The molecule has 3 unspecified atom stereocenters. The van der Waals surface area contributed by atoms with Crippen LogP contribution in [0.4, 0.5) is 0 Å². The average molecular weight is 364 g/mol. The summed E-state index contributed by atoms with van der Waals surface area (Å²) < 4.78 is 0. The Labute approximate surface area is 165 Å². The molecule has 154 valence electrons. The van der Waals surface area contributed by atoms with Crippen LogP contribution in [0.5, 0.6) is 0 Å². The van der Waals surface area contributed by atoms with Crippen LogP contribution in [-0.2, 0) is 0 Å². The smallest absolute Gasteiger partial charge is 0.00953 e. The van der Waals surface area contributed by atoms with Crippen LogP contribution in [-0.4, -0.2) is 12.6 Å². The van der Waals surface area contributed by atoms with Gasteiger partial charge < -0.3 is 5.32 Å². The maximum atomic E-state index is 4.02. The lowest BCUT2D eigenvalue weighted by molar-refractivity contribution is 0.231. The van der Waals surface area contributed by atoms with Crippen LogP contribution in [0.3, 0.4) is 0 Å². The number of rotatable bonds is 1. The topological polar surface area (TPSA) is 12.0 Å². The number of nitrogens with one attached hydrogen (secondary N) is 1. The van der Waals surface area contributed by atoms with Crippen molar-refractivity contribution in [3.8, 4) is 0 Å². The molecule has 0 spiro atoms. The lowest BCUT2D eigenvalue weighted by Gasteiger charge is -2.32. The van der Waals surface area contributed by atoms with Crippen molar-refractivity contribution in [2.75, 3.05) is 6.54 Å². The van der Waals surface area contributed by atoms with E-state index in [9.17, 15) is 0 Å². The Morgan fingerprint density at radius 2 is 1.19 bits per heavy atom. The molecule has 0 amide bonds. The fourth-order valence-electron chi connectivity index (χ4n) is 5.47. The van der Waals surface area contributed by atoms with Gasteiger partial charge in [0.15, 0.2) is 0 Å². The molecule has 26 heavy (non-hydrogen) atoms. The fourth-order valence-corrected chi connectivity index (χ4v) is 5.47. The molecule has 0 bridgehead atoms. The summed E-state index contributed by atoms with van der Waals surface area (Å²) in [4.78, 5) is 0. The summed E-state index contributed by atoms with van der Waals surface area (Å²) in [6.45, 7) is 8.73. The highest BCUT2D eigenvalue weighted by molar-refractivity contribution is 4.80. The van der Waals surface area contributed by atoms with Crippen LogP contribution < -0.4 is 5.32 Å². The highest BCUT2D eigenvalue weighted by Crippen LogP contribution is 2.33. The first-order valence-corrected chi connectivity index (χ1v) is 12.3. The molecule has 1 aliphatic heterocycles. The highest BCUT2D eigenvalue weighted by atomic mass is 14.9. The third kappa shape index (κ3) is 9.25. The molecule has 1 aliphatic carbocycles. The molecule has 0 aromatic rings. The van der Waals surface area contributed by atoms with E-state index < -0.39 is 0 Å². The Balaban J connectivity index is 1.87. The van der Waals surface area contributed by atoms with E-state index in [4.69, 9.17) is 0 Å². The summed E-state index contributed by atoms with van der Waals surface area (Å²) in [6.07, 6.45) is 24.7. The molecular weight excluding hydrogens is 314 g/mol. The lowest BCUT2D eigenvalue weighted by atomic mass is 9.79. The van der Waals surface area contributed by atoms with Gasteiger partial charge in [-0.3, -0.25) is 0 Å². The minimum atomic E-state index is 0.573. The zero-order valence-corrected chi connectivity index (χ0v) is 18.5. The van der Waals surface area contributed by atoms with Gasteiger partial charge in [-0.2, -0.15) is 0 Å². The van der Waals surface area contributed by atoms with Crippen LogP contribution >= 0.6 is 0 Å². The van der Waals surface area contributed by atoms with Crippen molar-refractivity contribution in [1.29, 1.82) is 0 Å². The summed E-state index contributed by atoms with van der Waals surface area (Å²) in [6, 6.07) is 0.799. The quantitative estimate of drug-likeness (QED) is 0.499. The van der Waals surface area contributed by atoms with Gasteiger partial charge in [-0.1, -0.05) is 91.4 Å². The van der Waals surface area contributed by atoms with Crippen molar-refractivity contribution in [2.24, 2.45) is 17.3 Å². The fraction of sp³-hybridized carbons (Fsp3) is 1.00. The Bertz CT molecular complexity index is 348. The molecule has 0 radical (unpaired) electrons. The highest BCUT2D eigenvalue weighted by Gasteiger charge is 2.24. The third-order valence-corrected chi connectivity index (χ3v) is 7.42. The van der Waals surface area contributed by atoms with Gasteiger partial charge in [-0.15, -0.1) is 0 Å². The lowest BCUT2D eigenvalue weighted by Crippen LogP contribution is -2.38. The van der Waals surface area contributed by atoms with Gasteiger partial charge >= 0.3 is 0 Å². The maximum Gasteiger partial charge on any atom is 0.00953 e. The third-order valence-electron chi connectivity index (χ3n) is 7.42. The SMILES string of the molecule is CC1CCCCCCC(C2CCCC(C)(C)CCCCN2)CCCCC1. The van der Waals surface area contributed by atoms with Crippen LogP contribution in [0.2, 0.25) is 0 Å². The molecular formula is C25H49N. The molecule has 1 saturated carbocycles. The van der Waals surface area contributed by atoms with Crippen molar-refractivity contribution in [3.05, 3.63) is 0 Å². The largest absolute Gasteiger partial charge is 0.314 e. The van der Waals surface area contributed by atoms with E-state index in [0.717, 1.165) is 17.9 Å². The summed E-state index contributed by atoms with van der Waals surface area (Å²) in [5, 5.41) is 4.02. The second kappa shape index (κ2) is 12.4. The first-order valence-electron chi connectivity index (χ1n) is 12.3. The normalized spacial score (nSPS) is 34.0. The first kappa shape index (κ1) is 22.3. The van der Waals surface area contributed by atoms with E-state index in [-0.39, 0.29) is 0 Å². The van der Waals surface area contributed by atoms with E-state index in [0.29, 0.717) is 5.41 Å². The van der Waals surface area contributed by atoms with Crippen molar-refractivity contribution < 1.29 is 0 Å². The Kier molecular flexibility index (Phi) is 10.6. The molecule has 1 nitrogen and oxygen atoms in total. The van der Waals surface area contributed by atoms with Gasteiger partial charge in [-0.05, 0) is 62.3 Å². The predicted molar refractivity (Wildman–Crippen MR) is 117 cm³/mol. The summed E-state index contributed by atoms with van der Waals surface area (Å²) in [7, 11) is 0. The molecule has 2 rings (SSSR count). The maximum absolute atomic E-state index is 4.02. The Hall–Kier alpha value is -0.0400. The summed E-state index contributed by atoms with van der Waals surface area (Å²) in [5.41, 5.74) is 0.573. The molecule has 0 aromatic carbocycles. The standard InChI is InChI=1S/C25H49N/c1-22-14-7-4-5-9-16-23(17-10-6-8-15-22)24-18-13-20-25(2,3)19-11-12-21-26-24/h22-24,26H,4-21H2,1-3H3. The molecule has 1 heteroatoms. The van der Waals surface area contributed by atoms with E-state index in [2.05, 4.69) is 26.1 Å². The summed E-state index contributed by atoms with van der Waals surface area (Å²) in [5.74, 6) is 1.91. The van der Waals surface area contributed by atoms with Gasteiger partial charge in [-0.25, -0.2) is 0 Å².